The van der Waals surface area contributed by atoms with E-state index in [1.54, 1.807) is 0 Å². The highest BCUT2D eigenvalue weighted by Crippen LogP contribution is 2.52. The lowest BCUT2D eigenvalue weighted by Gasteiger charge is -2.33. The molecule has 1 aromatic heterocycles. The molecule has 2 fully saturated rings. The zero-order valence-corrected chi connectivity index (χ0v) is 19.9. The predicted molar refractivity (Wildman–Crippen MR) is 116 cm³/mol. The fraction of sp³-hybridized carbons (Fsp3) is 0.409. The van der Waals surface area contributed by atoms with Gasteiger partial charge in [-0.25, -0.2) is 10.5 Å². The van der Waals surface area contributed by atoms with E-state index in [2.05, 4.69) is 15.1 Å². The van der Waals surface area contributed by atoms with Crippen molar-refractivity contribution in [2.45, 2.75) is 36.4 Å². The Morgan fingerprint density at radius 3 is 2.15 bits per heavy atom. The first kappa shape index (κ1) is 28.7. The van der Waals surface area contributed by atoms with Crippen LogP contribution in [0.5, 0.6) is 0 Å². The first-order valence-corrected chi connectivity index (χ1v) is 11.3. The first-order valence-electron chi connectivity index (χ1n) is 10.9. The molecule has 39 heavy (non-hydrogen) atoms. The summed E-state index contributed by atoms with van der Waals surface area (Å²) in [6, 6.07) is 1.36. The average Bonchev–Trinajstić information content (AvgIpc) is 3.45. The number of alkyl halides is 9. The van der Waals surface area contributed by atoms with Crippen molar-refractivity contribution in [1.82, 2.24) is 15.8 Å². The third-order valence-electron chi connectivity index (χ3n) is 6.43. The topological polar surface area (TPSA) is 83.6 Å². The van der Waals surface area contributed by atoms with Crippen LogP contribution in [-0.4, -0.2) is 48.7 Å². The Balaban J connectivity index is 1.66. The van der Waals surface area contributed by atoms with E-state index in [1.165, 1.54) is 6.07 Å². The second-order valence-corrected chi connectivity index (χ2v) is 9.22. The molecule has 0 aliphatic carbocycles. The van der Waals surface area contributed by atoms with E-state index in [1.807, 2.05) is 5.48 Å². The molecule has 2 aliphatic heterocycles. The molecule has 17 heteroatoms. The maximum absolute atomic E-state index is 14.4. The van der Waals surface area contributed by atoms with Crippen LogP contribution in [0.3, 0.4) is 0 Å². The van der Waals surface area contributed by atoms with Crippen LogP contribution < -0.4 is 15.7 Å². The lowest BCUT2D eigenvalue weighted by Crippen LogP contribution is -2.45. The average molecular weight is 591 g/mol. The highest BCUT2D eigenvalue weighted by atomic mass is 35.5. The minimum atomic E-state index is -5.46. The van der Waals surface area contributed by atoms with Crippen molar-refractivity contribution in [3.8, 4) is 0 Å². The molecule has 212 valence electrons. The number of hydroxylamine groups is 1. The van der Waals surface area contributed by atoms with Gasteiger partial charge in [0.05, 0.1) is 21.7 Å². The maximum Gasteiger partial charge on any atom is 0.417 e. The van der Waals surface area contributed by atoms with Gasteiger partial charge in [-0.3, -0.25) is 14.4 Å². The van der Waals surface area contributed by atoms with Crippen molar-refractivity contribution in [2.75, 3.05) is 24.6 Å². The van der Waals surface area contributed by atoms with Gasteiger partial charge in [0.2, 0.25) is 0 Å². The van der Waals surface area contributed by atoms with E-state index in [0.717, 1.165) is 17.2 Å². The number of hydrogen-bond donors (Lipinski definition) is 2. The van der Waals surface area contributed by atoms with Gasteiger partial charge in [-0.1, -0.05) is 11.6 Å². The van der Waals surface area contributed by atoms with Gasteiger partial charge in [0.25, 0.3) is 11.8 Å². The molecule has 2 atom stereocenters. The number of carbonyl (C=O) groups is 2. The molecule has 2 amide bonds. The van der Waals surface area contributed by atoms with Crippen molar-refractivity contribution in [3.63, 3.8) is 0 Å². The smallest absolute Gasteiger partial charge is 0.355 e. The molecule has 2 N–H and O–H groups in total. The molecular weight excluding hydrogens is 575 g/mol. The van der Waals surface area contributed by atoms with E-state index in [4.69, 9.17) is 11.6 Å². The highest BCUT2D eigenvalue weighted by Gasteiger charge is 2.60. The lowest BCUT2D eigenvalue weighted by molar-refractivity contribution is -0.185. The summed E-state index contributed by atoms with van der Waals surface area (Å²) >= 11 is 5.34. The Hall–Kier alpha value is -3.27. The number of benzene rings is 1. The summed E-state index contributed by atoms with van der Waals surface area (Å²) in [7, 11) is 0. The third kappa shape index (κ3) is 5.44. The number of rotatable bonds is 4. The lowest BCUT2D eigenvalue weighted by atomic mass is 9.77. The number of pyridine rings is 1. The Labute approximate surface area is 218 Å². The van der Waals surface area contributed by atoms with Crippen LogP contribution in [0.25, 0.3) is 0 Å². The standard InChI is InChI=1S/C22H16ClF9N4O3/c23-16-12(20(24,25)26)5-11(6-13(16)21(27,28)29)19(22(30,31)32)3-4-36(9-19)15-2-1-10(7-33-15)17(37)34-14-8-39-35-18(14)38/h1-2,5-7,14H,3-4,8-9H2,(H,34,37)(H,35,38). The fourth-order valence-electron chi connectivity index (χ4n) is 4.35. The molecule has 0 saturated carbocycles. The minimum Gasteiger partial charge on any atom is -0.355 e. The molecule has 2 aliphatic rings. The molecular formula is C22H16ClF9N4O3. The van der Waals surface area contributed by atoms with Gasteiger partial charge >= 0.3 is 18.5 Å². The van der Waals surface area contributed by atoms with Crippen molar-refractivity contribution in [3.05, 3.63) is 57.7 Å². The summed E-state index contributed by atoms with van der Waals surface area (Å²) in [4.78, 5) is 33.4. The van der Waals surface area contributed by atoms with Crippen LogP contribution in [0.2, 0.25) is 5.02 Å². The summed E-state index contributed by atoms with van der Waals surface area (Å²) in [5.41, 5.74) is -6.47. The predicted octanol–water partition coefficient (Wildman–Crippen LogP) is 4.64. The summed E-state index contributed by atoms with van der Waals surface area (Å²) in [6.45, 7) is -1.62. The van der Waals surface area contributed by atoms with Crippen molar-refractivity contribution >= 4 is 29.2 Å². The number of amides is 2. The van der Waals surface area contributed by atoms with Crippen LogP contribution in [0.15, 0.2) is 30.5 Å². The molecule has 3 heterocycles. The Morgan fingerprint density at radius 2 is 1.69 bits per heavy atom. The Morgan fingerprint density at radius 1 is 1.08 bits per heavy atom. The molecule has 2 saturated heterocycles. The number of aromatic nitrogens is 1. The van der Waals surface area contributed by atoms with Crippen LogP contribution in [0.4, 0.5) is 45.3 Å². The van der Waals surface area contributed by atoms with Crippen LogP contribution >= 0.6 is 11.6 Å². The molecule has 7 nitrogen and oxygen atoms in total. The van der Waals surface area contributed by atoms with Gasteiger partial charge in [0, 0.05) is 19.3 Å². The number of nitrogens with zero attached hydrogens (tertiary/aromatic N) is 2. The third-order valence-corrected chi connectivity index (χ3v) is 6.83. The number of hydrogen-bond acceptors (Lipinski definition) is 5. The van der Waals surface area contributed by atoms with E-state index in [9.17, 15) is 49.1 Å². The van der Waals surface area contributed by atoms with Gasteiger partial charge in [0.1, 0.15) is 23.9 Å². The van der Waals surface area contributed by atoms with E-state index in [-0.39, 0.29) is 30.1 Å². The Kier molecular flexibility index (Phi) is 7.17. The second kappa shape index (κ2) is 9.73. The van der Waals surface area contributed by atoms with Crippen molar-refractivity contribution < 1.29 is 53.9 Å². The molecule has 4 rings (SSSR count). The van der Waals surface area contributed by atoms with Crippen molar-refractivity contribution in [1.29, 1.82) is 0 Å². The molecule has 2 aromatic rings. The van der Waals surface area contributed by atoms with Crippen LogP contribution in [0.1, 0.15) is 33.5 Å². The molecule has 0 radical (unpaired) electrons. The number of carbonyl (C=O) groups excluding carboxylic acids is 2. The largest absolute Gasteiger partial charge is 0.417 e. The van der Waals surface area contributed by atoms with Gasteiger partial charge in [-0.2, -0.15) is 39.5 Å². The quantitative estimate of drug-likeness (QED) is 0.507. The number of anilines is 1. The van der Waals surface area contributed by atoms with Crippen LogP contribution in [0, 0.1) is 0 Å². The normalized spacial score (nSPS) is 22.3. The van der Waals surface area contributed by atoms with Gasteiger partial charge in [0.15, 0.2) is 0 Å². The van der Waals surface area contributed by atoms with Gasteiger partial charge < -0.3 is 10.2 Å². The van der Waals surface area contributed by atoms with Gasteiger partial charge in [-0.05, 0) is 36.2 Å². The SMILES string of the molecule is O=C(NC1CONC1=O)c1ccc(N2CCC(c3cc(C(F)(F)F)c(Cl)c(C(F)(F)F)c3)(C(F)(F)F)C2)nc1. The molecule has 2 unspecified atom stereocenters. The Bertz CT molecular complexity index is 1250. The molecule has 0 spiro atoms. The summed E-state index contributed by atoms with van der Waals surface area (Å²) < 4.78 is 124. The zero-order valence-electron chi connectivity index (χ0n) is 19.2. The number of halogens is 10. The first-order chi connectivity index (χ1) is 17.9. The summed E-state index contributed by atoms with van der Waals surface area (Å²) in [5.74, 6) is -1.45. The number of nitrogens with one attached hydrogen (secondary N) is 2. The van der Waals surface area contributed by atoms with E-state index >= 15 is 0 Å². The molecule has 0 bridgehead atoms. The second-order valence-electron chi connectivity index (χ2n) is 8.84. The summed E-state index contributed by atoms with van der Waals surface area (Å²) in [6.07, 6.45) is -16.1. The van der Waals surface area contributed by atoms with Gasteiger partial charge in [-0.15, -0.1) is 0 Å². The minimum absolute atomic E-state index is 0.00167. The van der Waals surface area contributed by atoms with E-state index in [0.29, 0.717) is 0 Å². The molecule has 1 aromatic carbocycles. The highest BCUT2D eigenvalue weighted by molar-refractivity contribution is 6.32. The zero-order chi connectivity index (χ0) is 29.0. The maximum atomic E-state index is 14.4. The fourth-order valence-corrected chi connectivity index (χ4v) is 4.67. The van der Waals surface area contributed by atoms with Crippen LogP contribution in [-0.2, 0) is 27.4 Å². The monoisotopic (exact) mass is 590 g/mol. The summed E-state index contributed by atoms with van der Waals surface area (Å²) in [5, 5.41) is 0.608. The van der Waals surface area contributed by atoms with Crippen molar-refractivity contribution in [2.24, 2.45) is 0 Å². The van der Waals surface area contributed by atoms with E-state index < -0.39 is 83.0 Å².